The van der Waals surface area contributed by atoms with E-state index in [0.29, 0.717) is 34.5 Å². The van der Waals surface area contributed by atoms with Gasteiger partial charge in [-0.2, -0.15) is 5.10 Å². The van der Waals surface area contributed by atoms with E-state index in [2.05, 4.69) is 15.5 Å². The van der Waals surface area contributed by atoms with Crippen molar-refractivity contribution in [3.8, 4) is 11.5 Å². The molecule has 1 aliphatic rings. The van der Waals surface area contributed by atoms with E-state index in [9.17, 15) is 4.79 Å². The standard InChI is InChI=1S/C22H30BN3O6S/c1-8-30-19(27)9-14-13-33-20(25-14)26-24-12-16-17(10-15(28-6)11-18(16)29-7)23-31-21(2,3)22(4,5)32-23/h10-13H,8-9H2,1-7H3,(H,25,26). The molecule has 0 saturated carbocycles. The number of nitrogens with zero attached hydrogens (tertiary/aromatic N) is 2. The zero-order chi connectivity index (χ0) is 24.2. The maximum absolute atomic E-state index is 11.6. The van der Waals surface area contributed by atoms with E-state index in [1.165, 1.54) is 11.3 Å². The van der Waals surface area contributed by atoms with E-state index in [1.807, 2.05) is 33.8 Å². The summed E-state index contributed by atoms with van der Waals surface area (Å²) in [5.74, 6) is 0.866. The lowest BCUT2D eigenvalue weighted by Gasteiger charge is -2.32. The third kappa shape index (κ3) is 5.66. The van der Waals surface area contributed by atoms with Gasteiger partial charge in [-0.25, -0.2) is 4.98 Å². The molecule has 0 atom stereocenters. The number of benzene rings is 1. The van der Waals surface area contributed by atoms with Gasteiger partial charge in [0.1, 0.15) is 11.5 Å². The van der Waals surface area contributed by atoms with E-state index in [4.69, 9.17) is 23.5 Å². The van der Waals surface area contributed by atoms with Crippen LogP contribution in [0.5, 0.6) is 11.5 Å². The third-order valence-electron chi connectivity index (χ3n) is 5.65. The van der Waals surface area contributed by atoms with Gasteiger partial charge in [0.05, 0.1) is 50.4 Å². The first kappa shape index (κ1) is 25.0. The Kier molecular flexibility index (Phi) is 7.66. The summed E-state index contributed by atoms with van der Waals surface area (Å²) in [7, 11) is 2.54. The number of carbonyl (C=O) groups is 1. The van der Waals surface area contributed by atoms with Crippen LogP contribution in [0.15, 0.2) is 22.6 Å². The molecule has 0 radical (unpaired) electrons. The predicted octanol–water partition coefficient (Wildman–Crippen LogP) is 3.01. The molecule has 0 aliphatic carbocycles. The first-order valence-electron chi connectivity index (χ1n) is 10.6. The van der Waals surface area contributed by atoms with Gasteiger partial charge in [0.25, 0.3) is 0 Å². The summed E-state index contributed by atoms with van der Waals surface area (Å²) in [4.78, 5) is 16.0. The van der Waals surface area contributed by atoms with E-state index in [-0.39, 0.29) is 12.4 Å². The molecule has 178 valence electrons. The number of aromatic nitrogens is 1. The van der Waals surface area contributed by atoms with Gasteiger partial charge in [-0.15, -0.1) is 11.3 Å². The van der Waals surface area contributed by atoms with Crippen LogP contribution in [-0.2, 0) is 25.3 Å². The molecule has 3 rings (SSSR count). The molecule has 1 aromatic carbocycles. The van der Waals surface area contributed by atoms with Crippen LogP contribution in [0.2, 0.25) is 0 Å². The molecule has 2 aromatic rings. The first-order valence-corrected chi connectivity index (χ1v) is 11.5. The highest BCUT2D eigenvalue weighted by atomic mass is 32.1. The molecule has 1 saturated heterocycles. The lowest BCUT2D eigenvalue weighted by Crippen LogP contribution is -2.41. The van der Waals surface area contributed by atoms with Crippen molar-refractivity contribution in [1.29, 1.82) is 0 Å². The van der Waals surface area contributed by atoms with E-state index in [0.717, 1.165) is 5.46 Å². The van der Waals surface area contributed by atoms with Gasteiger partial charge < -0.3 is 23.5 Å². The molecule has 11 heteroatoms. The van der Waals surface area contributed by atoms with Crippen LogP contribution in [0.4, 0.5) is 5.13 Å². The Morgan fingerprint density at radius 3 is 2.52 bits per heavy atom. The van der Waals surface area contributed by atoms with Crippen molar-refractivity contribution in [3.63, 3.8) is 0 Å². The van der Waals surface area contributed by atoms with Crippen LogP contribution in [-0.4, -0.2) is 56.3 Å². The highest BCUT2D eigenvalue weighted by Crippen LogP contribution is 2.37. The number of hydrogen-bond acceptors (Lipinski definition) is 10. The Balaban J connectivity index is 1.84. The summed E-state index contributed by atoms with van der Waals surface area (Å²) in [5, 5.41) is 6.68. The van der Waals surface area contributed by atoms with Crippen molar-refractivity contribution >= 4 is 41.2 Å². The second kappa shape index (κ2) is 10.1. The number of rotatable bonds is 9. The second-order valence-corrected chi connectivity index (χ2v) is 9.27. The topological polar surface area (TPSA) is 101 Å². The average molecular weight is 475 g/mol. The number of carbonyl (C=O) groups excluding carboxylic acids is 1. The number of nitrogens with one attached hydrogen (secondary N) is 1. The molecular weight excluding hydrogens is 445 g/mol. The van der Waals surface area contributed by atoms with Crippen molar-refractivity contribution in [2.75, 3.05) is 26.3 Å². The molecule has 0 spiro atoms. The molecule has 0 bridgehead atoms. The number of hydrazone groups is 1. The fraction of sp³-hybridized carbons (Fsp3) is 0.500. The van der Waals surface area contributed by atoms with Crippen molar-refractivity contribution in [1.82, 2.24) is 4.98 Å². The quantitative estimate of drug-likeness (QED) is 0.256. The molecule has 0 unspecified atom stereocenters. The maximum atomic E-state index is 11.6. The number of esters is 1. The van der Waals surface area contributed by atoms with E-state index < -0.39 is 18.3 Å². The van der Waals surface area contributed by atoms with Crippen LogP contribution >= 0.6 is 11.3 Å². The van der Waals surface area contributed by atoms with Crippen LogP contribution in [0.25, 0.3) is 0 Å². The molecule has 1 aliphatic heterocycles. The molecule has 0 amide bonds. The van der Waals surface area contributed by atoms with Crippen molar-refractivity contribution in [2.24, 2.45) is 5.10 Å². The highest BCUT2D eigenvalue weighted by Gasteiger charge is 2.52. The minimum atomic E-state index is -0.628. The summed E-state index contributed by atoms with van der Waals surface area (Å²) in [6, 6.07) is 3.63. The van der Waals surface area contributed by atoms with Crippen molar-refractivity contribution in [2.45, 2.75) is 52.2 Å². The Morgan fingerprint density at radius 2 is 1.91 bits per heavy atom. The Hall–Kier alpha value is -2.63. The maximum Gasteiger partial charge on any atom is 0.495 e. The Bertz CT molecular complexity index is 1010. The Morgan fingerprint density at radius 1 is 1.21 bits per heavy atom. The fourth-order valence-corrected chi connectivity index (χ4v) is 3.82. The first-order chi connectivity index (χ1) is 15.6. The zero-order valence-corrected chi connectivity index (χ0v) is 20.9. The number of anilines is 1. The molecule has 1 fully saturated rings. The molecule has 1 aromatic heterocycles. The normalized spacial score (nSPS) is 16.8. The van der Waals surface area contributed by atoms with Crippen molar-refractivity contribution in [3.05, 3.63) is 28.8 Å². The smallest absolute Gasteiger partial charge is 0.495 e. The monoisotopic (exact) mass is 475 g/mol. The SMILES string of the molecule is CCOC(=O)Cc1csc(NN=Cc2c(OC)cc(OC)cc2B2OC(C)(C)C(C)(C)O2)n1. The summed E-state index contributed by atoms with van der Waals surface area (Å²) in [6.45, 7) is 10.1. The molecule has 9 nitrogen and oxygen atoms in total. The molecule has 33 heavy (non-hydrogen) atoms. The molecule has 2 heterocycles. The largest absolute Gasteiger partial charge is 0.497 e. The third-order valence-corrected chi connectivity index (χ3v) is 6.44. The number of methoxy groups -OCH3 is 2. The van der Waals surface area contributed by atoms with Crippen molar-refractivity contribution < 1.29 is 28.3 Å². The van der Waals surface area contributed by atoms with Crippen LogP contribution in [0.1, 0.15) is 45.9 Å². The number of hydrogen-bond donors (Lipinski definition) is 1. The van der Waals surface area contributed by atoms with Gasteiger partial charge >= 0.3 is 13.1 Å². The van der Waals surface area contributed by atoms with E-state index >= 15 is 0 Å². The minimum Gasteiger partial charge on any atom is -0.497 e. The predicted molar refractivity (Wildman–Crippen MR) is 129 cm³/mol. The average Bonchev–Trinajstić information content (AvgIpc) is 3.28. The van der Waals surface area contributed by atoms with Crippen LogP contribution in [0.3, 0.4) is 0 Å². The minimum absolute atomic E-state index is 0.119. The molecular formula is C22H30BN3O6S. The summed E-state index contributed by atoms with van der Waals surface area (Å²) in [6.07, 6.45) is 1.75. The van der Waals surface area contributed by atoms with Gasteiger partial charge in [0.15, 0.2) is 0 Å². The summed E-state index contributed by atoms with van der Waals surface area (Å²) < 4.78 is 28.5. The lowest BCUT2D eigenvalue weighted by atomic mass is 9.75. The van der Waals surface area contributed by atoms with Gasteiger partial charge in [0.2, 0.25) is 5.13 Å². The van der Waals surface area contributed by atoms with Crippen LogP contribution in [0, 0.1) is 0 Å². The van der Waals surface area contributed by atoms with Gasteiger partial charge in [-0.05, 0) is 46.1 Å². The number of ether oxygens (including phenoxy) is 3. The van der Waals surface area contributed by atoms with Gasteiger partial charge in [0, 0.05) is 17.0 Å². The van der Waals surface area contributed by atoms with Gasteiger partial charge in [-0.3, -0.25) is 10.2 Å². The lowest BCUT2D eigenvalue weighted by molar-refractivity contribution is -0.142. The fourth-order valence-electron chi connectivity index (χ4n) is 3.16. The zero-order valence-electron chi connectivity index (χ0n) is 20.1. The van der Waals surface area contributed by atoms with E-state index in [1.54, 1.807) is 38.8 Å². The van der Waals surface area contributed by atoms with Gasteiger partial charge in [-0.1, -0.05) is 0 Å². The van der Waals surface area contributed by atoms with Crippen LogP contribution < -0.4 is 20.4 Å². The second-order valence-electron chi connectivity index (χ2n) is 8.42. The summed E-state index contributed by atoms with van der Waals surface area (Å²) >= 11 is 1.35. The Labute approximate surface area is 198 Å². The summed E-state index contributed by atoms with van der Waals surface area (Å²) in [5.41, 5.74) is 3.94. The highest BCUT2D eigenvalue weighted by molar-refractivity contribution is 7.13. The molecule has 1 N–H and O–H groups in total. The number of thiazole rings is 1.